The highest BCUT2D eigenvalue weighted by Crippen LogP contribution is 2.19. The van der Waals surface area contributed by atoms with E-state index >= 15 is 0 Å². The molecule has 0 rings (SSSR count). The number of carbonyl (C=O) groups is 2. The summed E-state index contributed by atoms with van der Waals surface area (Å²) in [5, 5.41) is 18.2. The fourth-order valence-corrected chi connectivity index (χ4v) is 1.00. The van der Waals surface area contributed by atoms with Crippen LogP contribution >= 0.6 is 0 Å². The van der Waals surface area contributed by atoms with Gasteiger partial charge in [0.2, 0.25) is 0 Å². The Hall–Kier alpha value is -1.10. The smallest absolute Gasteiger partial charge is 0.338 e. The first-order valence-corrected chi connectivity index (χ1v) is 4.57. The van der Waals surface area contributed by atoms with Gasteiger partial charge in [-0.05, 0) is 19.8 Å². The van der Waals surface area contributed by atoms with E-state index in [-0.39, 0.29) is 25.9 Å². The lowest BCUT2D eigenvalue weighted by Crippen LogP contribution is -2.40. The molecule has 0 aromatic carbocycles. The van der Waals surface area contributed by atoms with E-state index in [2.05, 4.69) is 4.74 Å². The van der Waals surface area contributed by atoms with Crippen LogP contribution in [-0.4, -0.2) is 34.4 Å². The van der Waals surface area contributed by atoms with Gasteiger partial charge in [-0.15, -0.1) is 0 Å². The fraction of sp³-hybridized carbons (Fsp3) is 0.778. The first-order chi connectivity index (χ1) is 6.46. The van der Waals surface area contributed by atoms with Crippen LogP contribution in [0.25, 0.3) is 0 Å². The SMILES string of the molecule is CCOC(=O)C(O)(CC)CCC(=O)O. The Labute approximate surface area is 82.7 Å². The van der Waals surface area contributed by atoms with Crippen LogP contribution in [0.3, 0.4) is 0 Å². The van der Waals surface area contributed by atoms with Crippen LogP contribution in [0.15, 0.2) is 0 Å². The van der Waals surface area contributed by atoms with E-state index in [1.807, 2.05) is 0 Å². The number of esters is 1. The standard InChI is InChI=1S/C9H16O5/c1-3-9(13,6-5-7(10)11)8(12)14-4-2/h13H,3-6H2,1-2H3,(H,10,11). The van der Waals surface area contributed by atoms with Gasteiger partial charge in [0.25, 0.3) is 0 Å². The average molecular weight is 204 g/mol. The minimum atomic E-state index is -1.66. The third-order valence-corrected chi connectivity index (χ3v) is 1.99. The lowest BCUT2D eigenvalue weighted by Gasteiger charge is -2.23. The van der Waals surface area contributed by atoms with Crippen molar-refractivity contribution in [2.24, 2.45) is 0 Å². The van der Waals surface area contributed by atoms with Crippen molar-refractivity contribution in [1.82, 2.24) is 0 Å². The zero-order chi connectivity index (χ0) is 11.2. The molecule has 0 aliphatic rings. The highest BCUT2D eigenvalue weighted by atomic mass is 16.5. The first-order valence-electron chi connectivity index (χ1n) is 4.57. The monoisotopic (exact) mass is 204 g/mol. The van der Waals surface area contributed by atoms with Crippen molar-refractivity contribution < 1.29 is 24.5 Å². The summed E-state index contributed by atoms with van der Waals surface area (Å²) < 4.78 is 4.65. The lowest BCUT2D eigenvalue weighted by atomic mass is 9.95. The molecule has 0 heterocycles. The summed E-state index contributed by atoms with van der Waals surface area (Å²) in [5.74, 6) is -1.79. The molecular formula is C9H16O5. The van der Waals surface area contributed by atoms with Gasteiger partial charge in [0.15, 0.2) is 5.60 Å². The Balaban J connectivity index is 4.30. The van der Waals surface area contributed by atoms with E-state index in [4.69, 9.17) is 5.11 Å². The summed E-state index contributed by atoms with van der Waals surface area (Å²) in [6.07, 6.45) is -0.208. The minimum absolute atomic E-state index is 0.113. The van der Waals surface area contributed by atoms with E-state index in [0.717, 1.165) is 0 Å². The molecule has 0 saturated carbocycles. The van der Waals surface area contributed by atoms with Gasteiger partial charge < -0.3 is 14.9 Å². The van der Waals surface area contributed by atoms with Gasteiger partial charge in [0.1, 0.15) is 0 Å². The molecule has 0 aromatic rings. The average Bonchev–Trinajstić information content (AvgIpc) is 2.14. The Morgan fingerprint density at radius 2 is 1.93 bits per heavy atom. The molecule has 2 N–H and O–H groups in total. The molecule has 0 aliphatic carbocycles. The number of carboxylic acid groups (broad SMARTS) is 1. The van der Waals surface area contributed by atoms with Gasteiger partial charge in [-0.25, -0.2) is 4.79 Å². The van der Waals surface area contributed by atoms with Crippen LogP contribution < -0.4 is 0 Å². The van der Waals surface area contributed by atoms with Crippen LogP contribution in [-0.2, 0) is 14.3 Å². The minimum Gasteiger partial charge on any atom is -0.481 e. The summed E-state index contributed by atoms with van der Waals surface area (Å²) in [7, 11) is 0. The van der Waals surface area contributed by atoms with Crippen molar-refractivity contribution in [3.05, 3.63) is 0 Å². The topological polar surface area (TPSA) is 83.8 Å². The second-order valence-electron chi connectivity index (χ2n) is 3.00. The lowest BCUT2D eigenvalue weighted by molar-refractivity contribution is -0.166. The zero-order valence-electron chi connectivity index (χ0n) is 8.45. The zero-order valence-corrected chi connectivity index (χ0v) is 8.45. The molecule has 5 heteroatoms. The van der Waals surface area contributed by atoms with Crippen molar-refractivity contribution in [1.29, 1.82) is 0 Å². The van der Waals surface area contributed by atoms with Gasteiger partial charge >= 0.3 is 11.9 Å². The van der Waals surface area contributed by atoms with Crippen molar-refractivity contribution in [2.45, 2.75) is 38.7 Å². The largest absolute Gasteiger partial charge is 0.481 e. The maximum atomic E-state index is 11.2. The van der Waals surface area contributed by atoms with Crippen LogP contribution in [0, 0.1) is 0 Å². The summed E-state index contributed by atoms with van der Waals surface area (Å²) in [6.45, 7) is 3.41. The molecule has 1 atom stereocenters. The molecular weight excluding hydrogens is 188 g/mol. The van der Waals surface area contributed by atoms with E-state index in [0.29, 0.717) is 0 Å². The second kappa shape index (κ2) is 5.59. The van der Waals surface area contributed by atoms with Gasteiger partial charge in [0.05, 0.1) is 6.61 Å². The van der Waals surface area contributed by atoms with Crippen LogP contribution in [0.1, 0.15) is 33.1 Å². The normalized spacial score (nSPS) is 14.5. The van der Waals surface area contributed by atoms with Gasteiger partial charge in [0, 0.05) is 6.42 Å². The number of aliphatic carboxylic acids is 1. The van der Waals surface area contributed by atoms with E-state index in [1.54, 1.807) is 13.8 Å². The molecule has 0 bridgehead atoms. The van der Waals surface area contributed by atoms with Crippen LogP contribution in [0.5, 0.6) is 0 Å². The number of rotatable bonds is 6. The Kier molecular flexibility index (Phi) is 5.15. The van der Waals surface area contributed by atoms with E-state index in [1.165, 1.54) is 0 Å². The van der Waals surface area contributed by atoms with E-state index in [9.17, 15) is 14.7 Å². The first kappa shape index (κ1) is 12.9. The number of aliphatic hydroxyl groups is 1. The van der Waals surface area contributed by atoms with Crippen molar-refractivity contribution >= 4 is 11.9 Å². The number of hydrogen-bond acceptors (Lipinski definition) is 4. The van der Waals surface area contributed by atoms with Crippen molar-refractivity contribution in [3.63, 3.8) is 0 Å². The Morgan fingerprint density at radius 1 is 1.36 bits per heavy atom. The summed E-state index contributed by atoms with van der Waals surface area (Å²) in [5.41, 5.74) is -1.66. The molecule has 0 spiro atoms. The summed E-state index contributed by atoms with van der Waals surface area (Å²) in [4.78, 5) is 21.5. The van der Waals surface area contributed by atoms with Gasteiger partial charge in [-0.1, -0.05) is 6.92 Å². The second-order valence-corrected chi connectivity index (χ2v) is 3.00. The number of carboxylic acids is 1. The maximum Gasteiger partial charge on any atom is 0.338 e. The van der Waals surface area contributed by atoms with Crippen LogP contribution in [0.4, 0.5) is 0 Å². The van der Waals surface area contributed by atoms with Gasteiger partial charge in [-0.3, -0.25) is 4.79 Å². The Morgan fingerprint density at radius 3 is 2.29 bits per heavy atom. The third kappa shape index (κ3) is 3.74. The number of hydrogen-bond donors (Lipinski definition) is 2. The highest BCUT2D eigenvalue weighted by Gasteiger charge is 2.35. The summed E-state index contributed by atoms with van der Waals surface area (Å²) in [6, 6.07) is 0. The van der Waals surface area contributed by atoms with Crippen LogP contribution in [0.2, 0.25) is 0 Å². The number of carbonyl (C=O) groups excluding carboxylic acids is 1. The van der Waals surface area contributed by atoms with Crippen molar-refractivity contribution in [2.75, 3.05) is 6.61 Å². The summed E-state index contributed by atoms with van der Waals surface area (Å²) >= 11 is 0. The molecule has 14 heavy (non-hydrogen) atoms. The van der Waals surface area contributed by atoms with E-state index < -0.39 is 17.5 Å². The molecule has 0 aliphatic heterocycles. The van der Waals surface area contributed by atoms with Gasteiger partial charge in [-0.2, -0.15) is 0 Å². The molecule has 0 aromatic heterocycles. The number of ether oxygens (including phenoxy) is 1. The molecule has 0 radical (unpaired) electrons. The molecule has 0 saturated heterocycles. The predicted molar refractivity (Wildman–Crippen MR) is 48.7 cm³/mol. The molecule has 1 unspecified atom stereocenters. The predicted octanol–water partition coefficient (Wildman–Crippen LogP) is 0.555. The molecule has 82 valence electrons. The van der Waals surface area contributed by atoms with Crippen molar-refractivity contribution in [3.8, 4) is 0 Å². The molecule has 0 fully saturated rings. The Bertz CT molecular complexity index is 213. The highest BCUT2D eigenvalue weighted by molar-refractivity contribution is 5.80. The quantitative estimate of drug-likeness (QED) is 0.617. The third-order valence-electron chi connectivity index (χ3n) is 1.99. The fourth-order valence-electron chi connectivity index (χ4n) is 1.00. The molecule has 0 amide bonds. The molecule has 5 nitrogen and oxygen atoms in total. The maximum absolute atomic E-state index is 11.2.